The minimum absolute atomic E-state index is 0.158. The molecule has 0 unspecified atom stereocenters. The second-order valence-electron chi connectivity index (χ2n) is 6.96. The van der Waals surface area contributed by atoms with E-state index in [1.54, 1.807) is 12.1 Å². The zero-order valence-electron chi connectivity index (χ0n) is 15.5. The van der Waals surface area contributed by atoms with E-state index in [0.717, 1.165) is 17.7 Å². The van der Waals surface area contributed by atoms with Crippen molar-refractivity contribution in [2.45, 2.75) is 32.3 Å². The molecule has 2 heterocycles. The molecule has 1 aromatic heterocycles. The molecule has 7 heteroatoms. The first-order valence-corrected chi connectivity index (χ1v) is 8.97. The molecule has 1 aliphatic heterocycles. The summed E-state index contributed by atoms with van der Waals surface area (Å²) in [6.45, 7) is 5.04. The summed E-state index contributed by atoms with van der Waals surface area (Å²) in [5.74, 6) is 1.21. The van der Waals surface area contributed by atoms with Crippen molar-refractivity contribution in [3.8, 4) is 11.5 Å². The number of hydrogen-bond acceptors (Lipinski definition) is 5. The van der Waals surface area contributed by atoms with Gasteiger partial charge in [0.25, 0.3) is 5.91 Å². The fraction of sp³-hybridized carbons (Fsp3) is 0.400. The van der Waals surface area contributed by atoms with E-state index in [1.165, 1.54) is 6.26 Å². The van der Waals surface area contributed by atoms with Crippen molar-refractivity contribution in [1.82, 2.24) is 10.6 Å². The Kier molecular flexibility index (Phi) is 5.69. The van der Waals surface area contributed by atoms with Gasteiger partial charge in [-0.25, -0.2) is 0 Å². The van der Waals surface area contributed by atoms with E-state index in [1.807, 2.05) is 32.0 Å². The maximum atomic E-state index is 11.8. The highest BCUT2D eigenvalue weighted by molar-refractivity contribution is 5.91. The summed E-state index contributed by atoms with van der Waals surface area (Å²) >= 11 is 0. The number of rotatable bonds is 8. The van der Waals surface area contributed by atoms with Gasteiger partial charge in [-0.15, -0.1) is 0 Å². The normalized spacial score (nSPS) is 14.1. The van der Waals surface area contributed by atoms with Gasteiger partial charge >= 0.3 is 0 Å². The van der Waals surface area contributed by atoms with Crippen LogP contribution in [0, 0.1) is 0 Å². The van der Waals surface area contributed by atoms with Gasteiger partial charge in [-0.3, -0.25) is 9.59 Å². The lowest BCUT2D eigenvalue weighted by Crippen LogP contribution is -2.32. The van der Waals surface area contributed by atoms with Gasteiger partial charge in [0.05, 0.1) is 12.8 Å². The van der Waals surface area contributed by atoms with E-state index in [-0.39, 0.29) is 36.1 Å². The number of nitrogens with one attached hydrogen (secondary N) is 2. The van der Waals surface area contributed by atoms with Crippen molar-refractivity contribution in [2.24, 2.45) is 0 Å². The highest BCUT2D eigenvalue weighted by Crippen LogP contribution is 2.41. The fourth-order valence-electron chi connectivity index (χ4n) is 2.93. The molecule has 0 radical (unpaired) electrons. The maximum absolute atomic E-state index is 11.8. The molecular formula is C20H24N2O5. The zero-order chi connectivity index (χ0) is 19.3. The van der Waals surface area contributed by atoms with Gasteiger partial charge in [-0.1, -0.05) is 12.1 Å². The van der Waals surface area contributed by atoms with Crippen molar-refractivity contribution < 1.29 is 23.5 Å². The minimum Gasteiger partial charge on any atom is -0.488 e. The van der Waals surface area contributed by atoms with Crippen molar-refractivity contribution in [2.75, 3.05) is 19.7 Å². The Morgan fingerprint density at radius 2 is 2.00 bits per heavy atom. The first kappa shape index (κ1) is 18.8. The molecule has 2 aromatic rings. The Morgan fingerprint density at radius 3 is 2.78 bits per heavy atom. The van der Waals surface area contributed by atoms with Gasteiger partial charge in [-0.05, 0) is 32.0 Å². The molecule has 0 fully saturated rings. The topological polar surface area (TPSA) is 89.8 Å². The summed E-state index contributed by atoms with van der Waals surface area (Å²) in [6.07, 6.45) is 2.46. The van der Waals surface area contributed by atoms with Crippen LogP contribution >= 0.6 is 0 Å². The van der Waals surface area contributed by atoms with Crippen LogP contribution in [0.1, 0.15) is 36.4 Å². The Labute approximate surface area is 158 Å². The van der Waals surface area contributed by atoms with Gasteiger partial charge in [0.2, 0.25) is 5.91 Å². The number of ether oxygens (including phenoxy) is 2. The summed E-state index contributed by atoms with van der Waals surface area (Å²) in [5.41, 5.74) is 0.907. The number of hydrogen-bond donors (Lipinski definition) is 2. The molecule has 1 aliphatic rings. The largest absolute Gasteiger partial charge is 0.488 e. The van der Waals surface area contributed by atoms with Crippen molar-refractivity contribution in [1.29, 1.82) is 0 Å². The van der Waals surface area contributed by atoms with E-state index in [0.29, 0.717) is 18.9 Å². The molecule has 144 valence electrons. The summed E-state index contributed by atoms with van der Waals surface area (Å²) in [6, 6.07) is 9.05. The lowest BCUT2D eigenvalue weighted by molar-refractivity contribution is -0.121. The van der Waals surface area contributed by atoms with E-state index < -0.39 is 0 Å². The predicted octanol–water partition coefficient (Wildman–Crippen LogP) is 2.31. The summed E-state index contributed by atoms with van der Waals surface area (Å²) in [5, 5.41) is 5.39. The fourth-order valence-corrected chi connectivity index (χ4v) is 2.93. The quantitative estimate of drug-likeness (QED) is 0.694. The molecule has 1 aromatic carbocycles. The molecule has 0 atom stereocenters. The Hall–Kier alpha value is -2.96. The molecule has 0 saturated carbocycles. The third kappa shape index (κ3) is 5.03. The van der Waals surface area contributed by atoms with Crippen LogP contribution in [0.25, 0.3) is 0 Å². The zero-order valence-corrected chi connectivity index (χ0v) is 15.5. The Morgan fingerprint density at radius 1 is 1.15 bits per heavy atom. The van der Waals surface area contributed by atoms with Crippen LogP contribution in [0.3, 0.4) is 0 Å². The van der Waals surface area contributed by atoms with E-state index in [4.69, 9.17) is 13.9 Å². The third-order valence-corrected chi connectivity index (χ3v) is 4.12. The average Bonchev–Trinajstić information content (AvgIpc) is 3.25. The number of benzene rings is 1. The summed E-state index contributed by atoms with van der Waals surface area (Å²) < 4.78 is 16.7. The minimum atomic E-state index is -0.336. The lowest BCUT2D eigenvalue weighted by atomic mass is 10.0. The molecule has 27 heavy (non-hydrogen) atoms. The highest BCUT2D eigenvalue weighted by atomic mass is 16.5. The molecule has 0 bridgehead atoms. The lowest BCUT2D eigenvalue weighted by Gasteiger charge is -2.18. The maximum Gasteiger partial charge on any atom is 0.286 e. The number of para-hydroxylation sites is 1. The number of carbonyl (C=O) groups is 2. The van der Waals surface area contributed by atoms with Gasteiger partial charge in [-0.2, -0.15) is 0 Å². The van der Waals surface area contributed by atoms with E-state index >= 15 is 0 Å². The number of fused-ring (bicyclic) bond motifs is 1. The molecule has 0 aliphatic carbocycles. The Balaban J connectivity index is 1.34. The Bertz CT molecular complexity index is 799. The van der Waals surface area contributed by atoms with Crippen LogP contribution in [0.5, 0.6) is 11.5 Å². The second kappa shape index (κ2) is 8.16. The molecule has 0 saturated heterocycles. The predicted molar refractivity (Wildman–Crippen MR) is 99.0 cm³/mol. The van der Waals surface area contributed by atoms with Crippen LogP contribution < -0.4 is 20.1 Å². The molecule has 2 N–H and O–H groups in total. The molecule has 3 rings (SSSR count). The van der Waals surface area contributed by atoms with Gasteiger partial charge in [0.1, 0.15) is 12.2 Å². The average molecular weight is 372 g/mol. The third-order valence-electron chi connectivity index (χ3n) is 4.12. The van der Waals surface area contributed by atoms with Crippen molar-refractivity contribution >= 4 is 11.8 Å². The SMILES string of the molecule is CC1(C)Cc2cccc(OCCNC(=O)CCNC(=O)c3ccco3)c2O1. The number of carbonyl (C=O) groups excluding carboxylic acids is 2. The van der Waals surface area contributed by atoms with Gasteiger partial charge < -0.3 is 24.5 Å². The van der Waals surface area contributed by atoms with Gasteiger partial charge in [0, 0.05) is 24.9 Å². The number of furan rings is 1. The highest BCUT2D eigenvalue weighted by Gasteiger charge is 2.32. The molecular weight excluding hydrogens is 348 g/mol. The van der Waals surface area contributed by atoms with E-state index in [2.05, 4.69) is 10.6 Å². The molecule has 2 amide bonds. The van der Waals surface area contributed by atoms with E-state index in [9.17, 15) is 9.59 Å². The van der Waals surface area contributed by atoms with Crippen LogP contribution in [-0.2, 0) is 11.2 Å². The van der Waals surface area contributed by atoms with Crippen LogP contribution in [0.15, 0.2) is 41.0 Å². The van der Waals surface area contributed by atoms with Crippen molar-refractivity contribution in [3.05, 3.63) is 47.9 Å². The summed E-state index contributed by atoms with van der Waals surface area (Å²) in [7, 11) is 0. The van der Waals surface area contributed by atoms with Crippen LogP contribution in [0.4, 0.5) is 0 Å². The monoisotopic (exact) mass is 372 g/mol. The first-order valence-electron chi connectivity index (χ1n) is 8.97. The number of amides is 2. The van der Waals surface area contributed by atoms with Crippen molar-refractivity contribution in [3.63, 3.8) is 0 Å². The van der Waals surface area contributed by atoms with Gasteiger partial charge in [0.15, 0.2) is 17.3 Å². The van der Waals surface area contributed by atoms with Crippen LogP contribution in [0.2, 0.25) is 0 Å². The molecule has 0 spiro atoms. The first-order chi connectivity index (χ1) is 12.9. The standard InChI is InChI=1S/C20H24N2O5/c1-20(2)13-14-5-3-6-15(18(14)27-20)26-12-10-21-17(23)8-9-22-19(24)16-7-4-11-25-16/h3-7,11H,8-10,12-13H2,1-2H3,(H,21,23)(H,22,24). The van der Waals surface area contributed by atoms with Crippen LogP contribution in [-0.4, -0.2) is 37.1 Å². The summed E-state index contributed by atoms with van der Waals surface area (Å²) in [4.78, 5) is 23.5. The smallest absolute Gasteiger partial charge is 0.286 e. The second-order valence-corrected chi connectivity index (χ2v) is 6.96. The molecule has 7 nitrogen and oxygen atoms in total.